The predicted molar refractivity (Wildman–Crippen MR) is 285 cm³/mol. The highest BCUT2D eigenvalue weighted by Crippen LogP contribution is 2.60. The molecular formula is C65H60N2. The first kappa shape index (κ1) is 41.5. The molecule has 0 amide bonds. The molecule has 0 saturated carbocycles. The summed E-state index contributed by atoms with van der Waals surface area (Å²) in [6.07, 6.45) is 5.66. The van der Waals surface area contributed by atoms with Gasteiger partial charge in [-0.1, -0.05) is 172 Å². The third kappa shape index (κ3) is 5.88. The minimum Gasteiger partial charge on any atom is -0.310 e. The summed E-state index contributed by atoms with van der Waals surface area (Å²) in [4.78, 5) is 5.02. The smallest absolute Gasteiger partial charge is 0.0506 e. The van der Waals surface area contributed by atoms with E-state index < -0.39 is 0 Å². The molecule has 12 rings (SSSR count). The molecule has 2 aliphatic heterocycles. The van der Waals surface area contributed by atoms with Crippen LogP contribution in [0.5, 0.6) is 0 Å². The van der Waals surface area contributed by atoms with Crippen LogP contribution in [0.3, 0.4) is 0 Å². The fraction of sp³-hybridized carbons (Fsp3) is 0.231. The highest BCUT2D eigenvalue weighted by atomic mass is 15.2. The van der Waals surface area contributed by atoms with Crippen LogP contribution in [0.25, 0.3) is 34.4 Å². The second-order valence-corrected chi connectivity index (χ2v) is 21.8. The van der Waals surface area contributed by atoms with Crippen molar-refractivity contribution < 1.29 is 0 Å². The Balaban J connectivity index is 0.901. The summed E-state index contributed by atoms with van der Waals surface area (Å²) < 4.78 is 0. The standard InChI is InChI=1S/C65H60N2/c1-11-43-35-45(30-25-40(43)2)67-59-24-18-16-22-51(59)63(5,6)57-37-49-47-32-29-42(34-53(47)65(9,10)55(49)39-61(57)67)27-26-41-28-31-46-48-36-56-60(38-54(48)64(7,8)52(46)33-41)66(44-19-13-12-14-20-44)58-23-17-15-21-50(58)62(56,3)4/h12-39H,11H2,1-10H3/b27-26+. The molecule has 0 radical (unpaired) electrons. The topological polar surface area (TPSA) is 6.48 Å². The summed E-state index contributed by atoms with van der Waals surface area (Å²) in [5, 5.41) is 0. The van der Waals surface area contributed by atoms with Crippen LogP contribution >= 0.6 is 0 Å². The molecule has 4 aliphatic rings. The van der Waals surface area contributed by atoms with Crippen molar-refractivity contribution in [3.05, 3.63) is 224 Å². The zero-order valence-corrected chi connectivity index (χ0v) is 40.8. The van der Waals surface area contributed by atoms with E-state index in [1.807, 2.05) is 0 Å². The fourth-order valence-corrected chi connectivity index (χ4v) is 12.6. The van der Waals surface area contributed by atoms with Gasteiger partial charge in [-0.2, -0.15) is 0 Å². The first-order valence-electron chi connectivity index (χ1n) is 24.4. The molecule has 0 aromatic heterocycles. The molecule has 8 aromatic rings. The van der Waals surface area contributed by atoms with E-state index in [2.05, 4.69) is 249 Å². The van der Waals surface area contributed by atoms with E-state index in [-0.39, 0.29) is 21.7 Å². The van der Waals surface area contributed by atoms with Gasteiger partial charge >= 0.3 is 0 Å². The lowest BCUT2D eigenvalue weighted by Crippen LogP contribution is -2.31. The third-order valence-electron chi connectivity index (χ3n) is 16.6. The maximum absolute atomic E-state index is 2.53. The molecule has 0 bridgehead atoms. The minimum atomic E-state index is -0.174. The van der Waals surface area contributed by atoms with Gasteiger partial charge in [0.15, 0.2) is 0 Å². The van der Waals surface area contributed by atoms with Crippen LogP contribution in [0.4, 0.5) is 34.1 Å². The van der Waals surface area contributed by atoms with Crippen LogP contribution < -0.4 is 9.80 Å². The molecule has 2 aliphatic carbocycles. The molecular weight excluding hydrogens is 809 g/mol. The summed E-state index contributed by atoms with van der Waals surface area (Å²) in [5.74, 6) is 0. The molecule has 0 unspecified atom stereocenters. The van der Waals surface area contributed by atoms with Crippen LogP contribution in [0.1, 0.15) is 129 Å². The van der Waals surface area contributed by atoms with E-state index in [1.165, 1.54) is 123 Å². The Labute approximate surface area is 398 Å². The summed E-state index contributed by atoms with van der Waals surface area (Å²) in [6, 6.07) is 60.3. The lowest BCUT2D eigenvalue weighted by Gasteiger charge is -2.43. The van der Waals surface area contributed by atoms with Crippen LogP contribution in [-0.4, -0.2) is 0 Å². The minimum absolute atomic E-state index is 0.157. The number of anilines is 6. The van der Waals surface area contributed by atoms with E-state index in [0.717, 1.165) is 6.42 Å². The molecule has 2 heteroatoms. The summed E-state index contributed by atoms with van der Waals surface area (Å²) in [6.45, 7) is 23.7. The average molecular weight is 869 g/mol. The van der Waals surface area contributed by atoms with Crippen LogP contribution in [0, 0.1) is 6.92 Å². The first-order valence-corrected chi connectivity index (χ1v) is 24.4. The zero-order valence-electron chi connectivity index (χ0n) is 40.8. The quantitative estimate of drug-likeness (QED) is 0.159. The van der Waals surface area contributed by atoms with Gasteiger partial charge in [0, 0.05) is 33.0 Å². The van der Waals surface area contributed by atoms with Crippen molar-refractivity contribution in [1.29, 1.82) is 0 Å². The van der Waals surface area contributed by atoms with Crippen molar-refractivity contribution in [3.63, 3.8) is 0 Å². The maximum Gasteiger partial charge on any atom is 0.0506 e. The highest BCUT2D eigenvalue weighted by molar-refractivity contribution is 5.94. The fourth-order valence-electron chi connectivity index (χ4n) is 12.6. The predicted octanol–water partition coefficient (Wildman–Crippen LogP) is 17.6. The van der Waals surface area contributed by atoms with Gasteiger partial charge in [-0.25, -0.2) is 0 Å². The molecule has 0 atom stereocenters. The van der Waals surface area contributed by atoms with E-state index in [1.54, 1.807) is 0 Å². The second kappa shape index (κ2) is 14.3. The van der Waals surface area contributed by atoms with Crippen molar-refractivity contribution in [2.45, 2.75) is 97.3 Å². The Bertz CT molecular complexity index is 3410. The molecule has 2 heterocycles. The molecule has 2 nitrogen and oxygen atoms in total. The Morgan fingerprint density at radius 2 is 0.791 bits per heavy atom. The molecule has 330 valence electrons. The van der Waals surface area contributed by atoms with Gasteiger partial charge in [-0.3, -0.25) is 0 Å². The Hall–Kier alpha value is -6.90. The van der Waals surface area contributed by atoms with Crippen LogP contribution in [-0.2, 0) is 28.1 Å². The summed E-state index contributed by atoms with van der Waals surface area (Å²) in [5.41, 5.74) is 28.5. The Morgan fingerprint density at radius 3 is 1.28 bits per heavy atom. The van der Waals surface area contributed by atoms with E-state index in [9.17, 15) is 0 Å². The molecule has 0 saturated heterocycles. The van der Waals surface area contributed by atoms with Gasteiger partial charge < -0.3 is 9.80 Å². The molecule has 8 aromatic carbocycles. The molecule has 0 N–H and O–H groups in total. The van der Waals surface area contributed by atoms with E-state index >= 15 is 0 Å². The Kier molecular flexibility index (Phi) is 8.86. The normalized spacial score (nSPS) is 16.9. The summed E-state index contributed by atoms with van der Waals surface area (Å²) >= 11 is 0. The lowest BCUT2D eigenvalue weighted by atomic mass is 9.71. The number of nitrogens with zero attached hydrogens (tertiary/aromatic N) is 2. The van der Waals surface area contributed by atoms with Crippen molar-refractivity contribution in [1.82, 2.24) is 0 Å². The van der Waals surface area contributed by atoms with Crippen molar-refractivity contribution in [2.24, 2.45) is 0 Å². The maximum atomic E-state index is 2.53. The van der Waals surface area contributed by atoms with Gasteiger partial charge in [-0.05, 0) is 163 Å². The number of aryl methyl sites for hydroxylation is 2. The van der Waals surface area contributed by atoms with Gasteiger partial charge in [0.1, 0.15) is 0 Å². The zero-order chi connectivity index (χ0) is 46.4. The number of para-hydroxylation sites is 3. The van der Waals surface area contributed by atoms with E-state index in [4.69, 9.17) is 0 Å². The molecule has 0 spiro atoms. The number of hydrogen-bond acceptors (Lipinski definition) is 2. The average Bonchev–Trinajstić information content (AvgIpc) is 3.68. The number of hydrogen-bond donors (Lipinski definition) is 0. The highest BCUT2D eigenvalue weighted by Gasteiger charge is 2.44. The first-order chi connectivity index (χ1) is 32.1. The SMILES string of the molecule is CCc1cc(N2c3ccccc3C(C)(C)c3cc4c(cc32)C(C)(C)c2cc(/C=C/c3ccc5c(c3)C(C)(C)c3cc6c(cc3-5)C(C)(C)c3ccccc3N6c3ccccc3)ccc2-4)ccc1C. The van der Waals surface area contributed by atoms with Gasteiger partial charge in [0.05, 0.1) is 22.7 Å². The van der Waals surface area contributed by atoms with Gasteiger partial charge in [0.2, 0.25) is 0 Å². The number of fused-ring (bicyclic) bond motifs is 10. The molecule has 67 heavy (non-hydrogen) atoms. The monoisotopic (exact) mass is 868 g/mol. The summed E-state index contributed by atoms with van der Waals surface area (Å²) in [7, 11) is 0. The third-order valence-corrected chi connectivity index (χ3v) is 16.6. The van der Waals surface area contributed by atoms with Gasteiger partial charge in [-0.15, -0.1) is 0 Å². The largest absolute Gasteiger partial charge is 0.310 e. The molecule has 0 fully saturated rings. The second-order valence-electron chi connectivity index (χ2n) is 21.8. The van der Waals surface area contributed by atoms with Crippen molar-refractivity contribution in [2.75, 3.05) is 9.80 Å². The van der Waals surface area contributed by atoms with E-state index in [0.29, 0.717) is 0 Å². The number of rotatable bonds is 5. The number of benzene rings is 8. The van der Waals surface area contributed by atoms with Crippen LogP contribution in [0.15, 0.2) is 158 Å². The van der Waals surface area contributed by atoms with Crippen molar-refractivity contribution >= 4 is 46.3 Å². The lowest BCUT2D eigenvalue weighted by molar-refractivity contribution is 0.627. The van der Waals surface area contributed by atoms with Crippen LogP contribution in [0.2, 0.25) is 0 Å². The Morgan fingerprint density at radius 1 is 0.358 bits per heavy atom. The van der Waals surface area contributed by atoms with Gasteiger partial charge in [0.25, 0.3) is 0 Å². The van der Waals surface area contributed by atoms with Crippen molar-refractivity contribution in [3.8, 4) is 22.3 Å².